The van der Waals surface area contributed by atoms with Gasteiger partial charge < -0.3 is 9.90 Å². The predicted molar refractivity (Wildman–Crippen MR) is 31.5 cm³/mol. The zero-order valence-corrected chi connectivity index (χ0v) is 5.68. The number of carbonyl (C=O) groups is 1. The van der Waals surface area contributed by atoms with Crippen molar-refractivity contribution in [1.82, 2.24) is 10.4 Å². The monoisotopic (exact) mass is 131 g/mol. The standard InChI is InChI=1S/C5H12N2O2/c1-3-6-7(4-2)5(8)9/h6H,3-4H2,1-2H3,(H,8,9)/p-1. The van der Waals surface area contributed by atoms with Crippen LogP contribution in [0.4, 0.5) is 4.79 Å². The minimum atomic E-state index is -1.18. The summed E-state index contributed by atoms with van der Waals surface area (Å²) in [7, 11) is 0. The van der Waals surface area contributed by atoms with Crippen molar-refractivity contribution in [1.29, 1.82) is 0 Å². The van der Waals surface area contributed by atoms with Crippen LogP contribution in [0.1, 0.15) is 13.8 Å². The van der Waals surface area contributed by atoms with Gasteiger partial charge in [-0.2, -0.15) is 0 Å². The van der Waals surface area contributed by atoms with Crippen molar-refractivity contribution >= 4 is 6.09 Å². The van der Waals surface area contributed by atoms with E-state index in [0.29, 0.717) is 13.1 Å². The number of nitrogens with one attached hydrogen (secondary N) is 1. The maximum atomic E-state index is 10.1. The first-order chi connectivity index (χ1) is 4.22. The van der Waals surface area contributed by atoms with Crippen LogP contribution in [-0.4, -0.2) is 24.2 Å². The molecule has 0 rings (SSSR count). The molecular weight excluding hydrogens is 120 g/mol. The molecule has 0 aromatic rings. The van der Waals surface area contributed by atoms with Crippen LogP contribution in [-0.2, 0) is 0 Å². The minimum absolute atomic E-state index is 0.413. The van der Waals surface area contributed by atoms with Crippen molar-refractivity contribution in [3.63, 3.8) is 0 Å². The molecule has 1 N–H and O–H groups in total. The molecule has 0 aliphatic heterocycles. The molecule has 4 nitrogen and oxygen atoms in total. The molecule has 0 heterocycles. The molecule has 0 saturated carbocycles. The Labute approximate surface area is 54.4 Å². The molecule has 0 atom stereocenters. The van der Waals surface area contributed by atoms with Gasteiger partial charge in [0.25, 0.3) is 0 Å². The molecule has 0 radical (unpaired) electrons. The summed E-state index contributed by atoms with van der Waals surface area (Å²) in [5, 5.41) is 11.1. The van der Waals surface area contributed by atoms with Gasteiger partial charge in [0.15, 0.2) is 6.09 Å². The predicted octanol–water partition coefficient (Wildman–Crippen LogP) is -0.824. The molecule has 0 aromatic carbocycles. The molecule has 1 amide bonds. The summed E-state index contributed by atoms with van der Waals surface area (Å²) in [6, 6.07) is 0. The number of hydrogen-bond acceptors (Lipinski definition) is 3. The van der Waals surface area contributed by atoms with E-state index in [1.54, 1.807) is 6.92 Å². The van der Waals surface area contributed by atoms with Gasteiger partial charge in [0.1, 0.15) is 0 Å². The summed E-state index contributed by atoms with van der Waals surface area (Å²) in [5.74, 6) is 0. The fourth-order valence-corrected chi connectivity index (χ4v) is 0.496. The van der Waals surface area contributed by atoms with Gasteiger partial charge >= 0.3 is 0 Å². The summed E-state index contributed by atoms with van der Waals surface area (Å²) in [6.45, 7) is 4.57. The number of rotatable bonds is 3. The van der Waals surface area contributed by atoms with Crippen LogP contribution in [0.3, 0.4) is 0 Å². The van der Waals surface area contributed by atoms with E-state index < -0.39 is 6.09 Å². The molecule has 0 fully saturated rings. The third kappa shape index (κ3) is 2.92. The average molecular weight is 131 g/mol. The van der Waals surface area contributed by atoms with Crippen LogP contribution in [0.15, 0.2) is 0 Å². The fraction of sp³-hybridized carbons (Fsp3) is 0.800. The highest BCUT2D eigenvalue weighted by Gasteiger charge is 1.95. The van der Waals surface area contributed by atoms with Crippen molar-refractivity contribution in [3.8, 4) is 0 Å². The van der Waals surface area contributed by atoms with E-state index in [2.05, 4.69) is 5.43 Å². The highest BCUT2D eigenvalue weighted by Crippen LogP contribution is 1.76. The van der Waals surface area contributed by atoms with E-state index in [9.17, 15) is 9.90 Å². The first kappa shape index (κ1) is 8.23. The maximum Gasteiger partial charge on any atom is 0.152 e. The summed E-state index contributed by atoms with van der Waals surface area (Å²) in [5.41, 5.74) is 2.60. The lowest BCUT2D eigenvalue weighted by molar-refractivity contribution is -0.268. The summed E-state index contributed by atoms with van der Waals surface area (Å²) in [4.78, 5) is 10.1. The zero-order chi connectivity index (χ0) is 7.28. The number of amides is 1. The van der Waals surface area contributed by atoms with E-state index in [4.69, 9.17) is 0 Å². The van der Waals surface area contributed by atoms with Gasteiger partial charge in [-0.25, -0.2) is 5.43 Å². The Bertz CT molecular complexity index is 95.0. The van der Waals surface area contributed by atoms with Crippen molar-refractivity contribution in [3.05, 3.63) is 0 Å². The Balaban J connectivity index is 3.54. The van der Waals surface area contributed by atoms with E-state index in [1.165, 1.54) is 0 Å². The highest BCUT2D eigenvalue weighted by atomic mass is 16.4. The molecule has 0 unspecified atom stereocenters. The third-order valence-electron chi connectivity index (χ3n) is 0.886. The lowest BCUT2D eigenvalue weighted by atomic mass is 10.7. The van der Waals surface area contributed by atoms with E-state index in [-0.39, 0.29) is 0 Å². The molecule has 0 saturated heterocycles. The van der Waals surface area contributed by atoms with Gasteiger partial charge in [-0.3, -0.25) is 5.01 Å². The van der Waals surface area contributed by atoms with E-state index in [0.717, 1.165) is 5.01 Å². The number of carboxylic acid groups (broad SMARTS) is 1. The van der Waals surface area contributed by atoms with Crippen LogP contribution in [0.5, 0.6) is 0 Å². The van der Waals surface area contributed by atoms with Crippen molar-refractivity contribution in [2.24, 2.45) is 0 Å². The summed E-state index contributed by atoms with van der Waals surface area (Å²) < 4.78 is 0. The zero-order valence-electron chi connectivity index (χ0n) is 5.68. The number of hydrogen-bond donors (Lipinski definition) is 1. The molecule has 0 aliphatic rings. The Morgan fingerprint density at radius 1 is 1.67 bits per heavy atom. The van der Waals surface area contributed by atoms with Crippen LogP contribution in [0.25, 0.3) is 0 Å². The highest BCUT2D eigenvalue weighted by molar-refractivity contribution is 5.61. The fourth-order valence-electron chi connectivity index (χ4n) is 0.496. The molecule has 54 valence electrons. The SMILES string of the molecule is CCNN(CC)C(=O)[O-]. The van der Waals surface area contributed by atoms with Crippen LogP contribution >= 0.6 is 0 Å². The van der Waals surface area contributed by atoms with Gasteiger partial charge in [-0.1, -0.05) is 6.92 Å². The Kier molecular flexibility index (Phi) is 3.79. The molecule has 0 bridgehead atoms. The van der Waals surface area contributed by atoms with Gasteiger partial charge in [0.2, 0.25) is 0 Å². The first-order valence-corrected chi connectivity index (χ1v) is 2.94. The van der Waals surface area contributed by atoms with Gasteiger partial charge in [-0.15, -0.1) is 0 Å². The molecule has 0 spiro atoms. The van der Waals surface area contributed by atoms with Crippen molar-refractivity contribution in [2.75, 3.05) is 13.1 Å². The lowest BCUT2D eigenvalue weighted by Crippen LogP contribution is -2.49. The topological polar surface area (TPSA) is 55.4 Å². The lowest BCUT2D eigenvalue weighted by Gasteiger charge is -2.22. The average Bonchev–Trinajstić information content (AvgIpc) is 1.82. The van der Waals surface area contributed by atoms with Crippen molar-refractivity contribution in [2.45, 2.75) is 13.8 Å². The van der Waals surface area contributed by atoms with Gasteiger partial charge in [0, 0.05) is 13.1 Å². The van der Waals surface area contributed by atoms with Gasteiger partial charge in [-0.05, 0) is 6.92 Å². The number of nitrogens with zero attached hydrogens (tertiary/aromatic N) is 1. The van der Waals surface area contributed by atoms with Gasteiger partial charge in [0.05, 0.1) is 0 Å². The van der Waals surface area contributed by atoms with Crippen LogP contribution in [0.2, 0.25) is 0 Å². The largest absolute Gasteiger partial charge is 0.529 e. The maximum absolute atomic E-state index is 10.1. The number of hydrazine groups is 1. The first-order valence-electron chi connectivity index (χ1n) is 2.94. The Morgan fingerprint density at radius 3 is 2.33 bits per heavy atom. The second-order valence-corrected chi connectivity index (χ2v) is 1.52. The quantitative estimate of drug-likeness (QED) is 0.509. The molecule has 0 aliphatic carbocycles. The summed E-state index contributed by atoms with van der Waals surface area (Å²) in [6.07, 6.45) is -1.18. The normalized spacial score (nSPS) is 9.11. The van der Waals surface area contributed by atoms with Crippen LogP contribution < -0.4 is 10.5 Å². The molecule has 9 heavy (non-hydrogen) atoms. The van der Waals surface area contributed by atoms with Crippen LogP contribution in [0, 0.1) is 0 Å². The summed E-state index contributed by atoms with van der Waals surface area (Å²) >= 11 is 0. The number of carbonyl (C=O) groups excluding carboxylic acids is 1. The second-order valence-electron chi connectivity index (χ2n) is 1.52. The second kappa shape index (κ2) is 4.14. The molecular formula is C5H11N2O2-. The molecule has 0 aromatic heterocycles. The minimum Gasteiger partial charge on any atom is -0.529 e. The molecule has 4 heteroatoms. The van der Waals surface area contributed by atoms with E-state index >= 15 is 0 Å². The van der Waals surface area contributed by atoms with Crippen molar-refractivity contribution < 1.29 is 9.90 Å². The Morgan fingerprint density at radius 2 is 2.22 bits per heavy atom. The smallest absolute Gasteiger partial charge is 0.152 e. The third-order valence-corrected chi connectivity index (χ3v) is 0.886. The Hall–Kier alpha value is -0.770. The van der Waals surface area contributed by atoms with E-state index in [1.807, 2.05) is 6.92 Å².